The number of aromatic nitrogens is 3. The van der Waals surface area contributed by atoms with E-state index in [4.69, 9.17) is 19.4 Å². The number of nitrogens with one attached hydrogen (secondary N) is 2. The Morgan fingerprint density at radius 3 is 2.50 bits per heavy atom. The fourth-order valence-corrected chi connectivity index (χ4v) is 8.70. The molecule has 2 N–H and O–H groups in total. The minimum Gasteiger partial charge on any atom is -0.454 e. The van der Waals surface area contributed by atoms with Crippen LogP contribution in [-0.2, 0) is 15.4 Å². The second-order valence-corrected chi connectivity index (χ2v) is 13.1. The van der Waals surface area contributed by atoms with Gasteiger partial charge in [-0.25, -0.2) is 18.1 Å². The topological polar surface area (TPSA) is 106 Å². The molecule has 3 fully saturated rings. The third kappa shape index (κ3) is 3.93. The van der Waals surface area contributed by atoms with Gasteiger partial charge < -0.3 is 14.5 Å². The second kappa shape index (κ2) is 8.65. The van der Waals surface area contributed by atoms with Crippen LogP contribution in [0.5, 0.6) is 11.5 Å². The molecule has 0 spiro atoms. The van der Waals surface area contributed by atoms with Crippen molar-refractivity contribution in [3.05, 3.63) is 64.7 Å². The van der Waals surface area contributed by atoms with Crippen LogP contribution in [0, 0.1) is 6.92 Å². The van der Waals surface area contributed by atoms with E-state index in [9.17, 15) is 8.42 Å². The van der Waals surface area contributed by atoms with Crippen LogP contribution in [0.15, 0.2) is 58.1 Å². The summed E-state index contributed by atoms with van der Waals surface area (Å²) in [4.78, 5) is 14.0. The quantitative estimate of drug-likeness (QED) is 0.327. The molecule has 4 aliphatic rings. The number of pyridine rings is 1. The number of imidazole rings is 1. The van der Waals surface area contributed by atoms with Crippen LogP contribution >= 0.6 is 11.3 Å². The van der Waals surface area contributed by atoms with E-state index in [0.29, 0.717) is 10.6 Å². The molecule has 3 aliphatic carbocycles. The van der Waals surface area contributed by atoms with Gasteiger partial charge in [-0.2, -0.15) is 11.3 Å². The molecule has 8 nitrogen and oxygen atoms in total. The minimum atomic E-state index is -3.52. The maximum absolute atomic E-state index is 13.0. The summed E-state index contributed by atoms with van der Waals surface area (Å²) in [6, 6.07) is 13.6. The highest BCUT2D eigenvalue weighted by atomic mass is 32.2. The zero-order chi connectivity index (χ0) is 26.0. The SMILES string of the molecule is Cc1cccc(-c2[nH]c(C34CCC(NS(=O)(=O)c5ccsc5)(CC3)CC4)nc2-c2ccc3c(c2)OCO3)n1. The Kier molecular flexibility index (Phi) is 5.44. The van der Waals surface area contributed by atoms with E-state index in [2.05, 4.69) is 9.71 Å². The van der Waals surface area contributed by atoms with Gasteiger partial charge in [-0.1, -0.05) is 6.07 Å². The molecule has 10 heteroatoms. The molecule has 0 saturated heterocycles. The van der Waals surface area contributed by atoms with Crippen molar-refractivity contribution in [1.29, 1.82) is 0 Å². The molecule has 3 aromatic heterocycles. The first-order valence-corrected chi connectivity index (χ1v) is 15.3. The number of hydrogen-bond acceptors (Lipinski definition) is 7. The molecule has 3 saturated carbocycles. The lowest BCUT2D eigenvalue weighted by molar-refractivity contribution is 0.0894. The predicted octanol–water partition coefficient (Wildman–Crippen LogP) is 5.56. The van der Waals surface area contributed by atoms with Crippen molar-refractivity contribution in [1.82, 2.24) is 19.7 Å². The van der Waals surface area contributed by atoms with Gasteiger partial charge in [-0.3, -0.25) is 4.98 Å². The fraction of sp³-hybridized carbons (Fsp3) is 0.357. The van der Waals surface area contributed by atoms with E-state index in [1.54, 1.807) is 16.8 Å². The van der Waals surface area contributed by atoms with Crippen LogP contribution < -0.4 is 14.2 Å². The average molecular weight is 549 g/mol. The molecule has 1 aromatic carbocycles. The normalized spacial score (nSPS) is 24.1. The number of ether oxygens (including phenoxy) is 2. The van der Waals surface area contributed by atoms with E-state index in [1.165, 1.54) is 11.3 Å². The van der Waals surface area contributed by atoms with Gasteiger partial charge >= 0.3 is 0 Å². The Balaban J connectivity index is 1.23. The van der Waals surface area contributed by atoms with E-state index in [0.717, 1.165) is 78.4 Å². The molecule has 0 radical (unpaired) electrons. The van der Waals surface area contributed by atoms with E-state index in [-0.39, 0.29) is 12.2 Å². The second-order valence-electron chi connectivity index (χ2n) is 10.7. The minimum absolute atomic E-state index is 0.122. The number of thiophene rings is 1. The Labute approximate surface area is 225 Å². The van der Waals surface area contributed by atoms with Gasteiger partial charge in [0.1, 0.15) is 5.82 Å². The summed E-state index contributed by atoms with van der Waals surface area (Å²) in [5.41, 5.74) is 3.93. The molecule has 0 amide bonds. The lowest BCUT2D eigenvalue weighted by atomic mass is 9.57. The number of aryl methyl sites for hydroxylation is 1. The Morgan fingerprint density at radius 1 is 0.974 bits per heavy atom. The number of sulfonamides is 1. The number of fused-ring (bicyclic) bond motifs is 4. The molecule has 0 atom stereocenters. The maximum atomic E-state index is 13.0. The first-order valence-electron chi connectivity index (χ1n) is 12.9. The van der Waals surface area contributed by atoms with Crippen molar-refractivity contribution < 1.29 is 17.9 Å². The van der Waals surface area contributed by atoms with Gasteiger partial charge in [0.2, 0.25) is 16.8 Å². The van der Waals surface area contributed by atoms with Crippen LogP contribution in [-0.4, -0.2) is 35.7 Å². The molecule has 0 unspecified atom stereocenters. The van der Waals surface area contributed by atoms with Gasteiger partial charge in [0, 0.05) is 27.6 Å². The molecule has 8 rings (SSSR count). The molecule has 1 aliphatic heterocycles. The van der Waals surface area contributed by atoms with E-state index in [1.807, 2.05) is 43.3 Å². The maximum Gasteiger partial charge on any atom is 0.241 e. The van der Waals surface area contributed by atoms with Crippen molar-refractivity contribution >= 4 is 21.4 Å². The molecule has 38 heavy (non-hydrogen) atoms. The summed E-state index contributed by atoms with van der Waals surface area (Å²) in [5, 5.41) is 3.49. The van der Waals surface area contributed by atoms with Gasteiger partial charge in [-0.15, -0.1) is 0 Å². The summed E-state index contributed by atoms with van der Waals surface area (Å²) in [7, 11) is -3.52. The highest BCUT2D eigenvalue weighted by molar-refractivity contribution is 7.89. The van der Waals surface area contributed by atoms with Crippen LogP contribution in [0.1, 0.15) is 50.0 Å². The first kappa shape index (κ1) is 23.9. The number of nitrogens with zero attached hydrogens (tertiary/aromatic N) is 2. The Bertz CT molecular complexity index is 1600. The number of rotatable bonds is 6. The Hall–Kier alpha value is -3.21. The summed E-state index contributed by atoms with van der Waals surface area (Å²) in [6.07, 6.45) is 4.97. The fourth-order valence-electron chi connectivity index (χ4n) is 6.19. The zero-order valence-corrected chi connectivity index (χ0v) is 22.6. The van der Waals surface area contributed by atoms with Crippen LogP contribution in [0.25, 0.3) is 22.6 Å². The standard InChI is InChI=1S/C28H28N4O4S2/c1-18-3-2-4-21(29-18)25-24(19-5-6-22-23(15-19)36-17-35-22)30-26(31-25)27-8-11-28(12-9-27,13-10-27)32-38(33,34)20-7-14-37-16-20/h2-7,14-16,32H,8-13,17H2,1H3,(H,30,31). The van der Waals surface area contributed by atoms with Crippen molar-refractivity contribution in [3.8, 4) is 34.1 Å². The molecule has 4 aromatic rings. The summed E-state index contributed by atoms with van der Waals surface area (Å²) < 4.78 is 40.3. The molecule has 2 bridgehead atoms. The predicted molar refractivity (Wildman–Crippen MR) is 145 cm³/mol. The van der Waals surface area contributed by atoms with Crippen molar-refractivity contribution in [2.75, 3.05) is 6.79 Å². The summed E-state index contributed by atoms with van der Waals surface area (Å²) >= 11 is 1.40. The average Bonchev–Trinajstić information content (AvgIpc) is 3.70. The number of aromatic amines is 1. The van der Waals surface area contributed by atoms with E-state index < -0.39 is 15.6 Å². The lowest BCUT2D eigenvalue weighted by Crippen LogP contribution is -2.57. The molecular weight excluding hydrogens is 520 g/mol. The monoisotopic (exact) mass is 548 g/mol. The number of benzene rings is 1. The third-order valence-electron chi connectivity index (χ3n) is 8.40. The smallest absolute Gasteiger partial charge is 0.241 e. The van der Waals surface area contributed by atoms with Crippen LogP contribution in [0.3, 0.4) is 0 Å². The van der Waals surface area contributed by atoms with Crippen molar-refractivity contribution in [2.24, 2.45) is 0 Å². The van der Waals surface area contributed by atoms with Crippen LogP contribution in [0.2, 0.25) is 0 Å². The number of hydrogen-bond donors (Lipinski definition) is 2. The molecule has 196 valence electrons. The Morgan fingerprint density at radius 2 is 1.76 bits per heavy atom. The first-order chi connectivity index (χ1) is 18.3. The van der Waals surface area contributed by atoms with E-state index >= 15 is 0 Å². The highest BCUT2D eigenvalue weighted by Crippen LogP contribution is 2.54. The molecular formula is C28H28N4O4S2. The van der Waals surface area contributed by atoms with Crippen molar-refractivity contribution in [2.45, 2.75) is 61.3 Å². The van der Waals surface area contributed by atoms with Crippen molar-refractivity contribution in [3.63, 3.8) is 0 Å². The zero-order valence-electron chi connectivity index (χ0n) is 21.0. The number of H-pyrrole nitrogens is 1. The van der Waals surface area contributed by atoms with Gasteiger partial charge in [0.15, 0.2) is 11.5 Å². The molecule has 4 heterocycles. The summed E-state index contributed by atoms with van der Waals surface area (Å²) in [5.74, 6) is 2.41. The lowest BCUT2D eigenvalue weighted by Gasteiger charge is -2.52. The largest absolute Gasteiger partial charge is 0.454 e. The van der Waals surface area contributed by atoms with Gasteiger partial charge in [0.05, 0.1) is 22.0 Å². The third-order valence-corrected chi connectivity index (χ3v) is 10.8. The highest BCUT2D eigenvalue weighted by Gasteiger charge is 2.52. The van der Waals surface area contributed by atoms with Gasteiger partial charge in [-0.05, 0) is 87.2 Å². The van der Waals surface area contributed by atoms with Gasteiger partial charge in [0.25, 0.3) is 0 Å². The summed E-state index contributed by atoms with van der Waals surface area (Å²) in [6.45, 7) is 2.21. The van der Waals surface area contributed by atoms with Crippen LogP contribution in [0.4, 0.5) is 0 Å².